The number of hydrogen-bond donors (Lipinski definition) is 1. The molecule has 1 aromatic carbocycles. The lowest BCUT2D eigenvalue weighted by Crippen LogP contribution is -1.97. The summed E-state index contributed by atoms with van der Waals surface area (Å²) in [4.78, 5) is 11.2. The fourth-order valence-electron chi connectivity index (χ4n) is 2.16. The molecule has 0 fully saturated rings. The standard InChI is InChI=1S/C19H22O4/c1-13(2)5-4-6-14(3)9-10-22-18-12-17-15(11-16(18)20)7-8-19(21)23-17/h5,7-9,11-12,20H,4,6,10H2,1-3H3/b14-9+. The number of benzene rings is 1. The van der Waals surface area contributed by atoms with Crippen molar-refractivity contribution in [3.8, 4) is 11.5 Å². The summed E-state index contributed by atoms with van der Waals surface area (Å²) >= 11 is 0. The molecule has 23 heavy (non-hydrogen) atoms. The highest BCUT2D eigenvalue weighted by molar-refractivity contribution is 5.80. The largest absolute Gasteiger partial charge is 0.504 e. The molecule has 1 aromatic heterocycles. The first-order valence-corrected chi connectivity index (χ1v) is 7.64. The maximum Gasteiger partial charge on any atom is 0.336 e. The summed E-state index contributed by atoms with van der Waals surface area (Å²) in [6.45, 7) is 6.59. The van der Waals surface area contributed by atoms with Crippen LogP contribution in [0.4, 0.5) is 0 Å². The Hall–Kier alpha value is -2.49. The number of fused-ring (bicyclic) bond motifs is 1. The number of aromatic hydroxyl groups is 1. The molecule has 0 unspecified atom stereocenters. The SMILES string of the molecule is CC(C)=CCC/C(C)=C/COc1cc2oc(=O)ccc2cc1O. The Morgan fingerprint density at radius 3 is 2.74 bits per heavy atom. The van der Waals surface area contributed by atoms with Crippen molar-refractivity contribution in [3.05, 3.63) is 58.0 Å². The van der Waals surface area contributed by atoms with E-state index < -0.39 is 5.63 Å². The first-order valence-electron chi connectivity index (χ1n) is 7.64. The molecule has 0 aliphatic rings. The van der Waals surface area contributed by atoms with E-state index in [1.807, 2.05) is 6.08 Å². The maximum atomic E-state index is 11.2. The second-order valence-electron chi connectivity index (χ2n) is 5.79. The Labute approximate surface area is 135 Å². The van der Waals surface area contributed by atoms with Gasteiger partial charge in [-0.25, -0.2) is 4.79 Å². The summed E-state index contributed by atoms with van der Waals surface area (Å²) in [7, 11) is 0. The van der Waals surface area contributed by atoms with Gasteiger partial charge in [-0.2, -0.15) is 0 Å². The lowest BCUT2D eigenvalue weighted by Gasteiger charge is -2.07. The molecule has 2 aromatic rings. The molecule has 0 spiro atoms. The number of phenolic OH excluding ortho intramolecular Hbond substituents is 1. The van der Waals surface area contributed by atoms with Crippen LogP contribution in [0.1, 0.15) is 33.6 Å². The van der Waals surface area contributed by atoms with Crippen molar-refractivity contribution in [3.63, 3.8) is 0 Å². The first-order chi connectivity index (χ1) is 11.0. The van der Waals surface area contributed by atoms with Gasteiger partial charge in [0.25, 0.3) is 0 Å². The lowest BCUT2D eigenvalue weighted by molar-refractivity contribution is 0.335. The zero-order valence-electron chi connectivity index (χ0n) is 13.8. The molecule has 0 bridgehead atoms. The van der Waals surface area contributed by atoms with Gasteiger partial charge in [0.15, 0.2) is 11.5 Å². The minimum absolute atomic E-state index is 0.0296. The monoisotopic (exact) mass is 314 g/mol. The molecule has 122 valence electrons. The molecule has 0 atom stereocenters. The zero-order chi connectivity index (χ0) is 16.8. The minimum Gasteiger partial charge on any atom is -0.504 e. The van der Waals surface area contributed by atoms with Crippen LogP contribution in [-0.2, 0) is 0 Å². The number of hydrogen-bond acceptors (Lipinski definition) is 4. The van der Waals surface area contributed by atoms with Crippen LogP contribution >= 0.6 is 0 Å². The van der Waals surface area contributed by atoms with Crippen LogP contribution in [0.3, 0.4) is 0 Å². The van der Waals surface area contributed by atoms with E-state index >= 15 is 0 Å². The molecule has 4 heteroatoms. The van der Waals surface area contributed by atoms with E-state index in [4.69, 9.17) is 9.15 Å². The molecule has 4 nitrogen and oxygen atoms in total. The third kappa shape index (κ3) is 5.02. The van der Waals surface area contributed by atoms with Crippen LogP contribution in [0.2, 0.25) is 0 Å². The van der Waals surface area contributed by atoms with Crippen LogP contribution in [0.25, 0.3) is 11.0 Å². The number of ether oxygens (including phenoxy) is 1. The van der Waals surface area contributed by atoms with Crippen LogP contribution in [0.15, 0.2) is 56.8 Å². The summed E-state index contributed by atoms with van der Waals surface area (Å²) in [5.41, 5.74) is 2.52. The van der Waals surface area contributed by atoms with Gasteiger partial charge in [-0.05, 0) is 51.8 Å². The molecule has 2 rings (SSSR count). The summed E-state index contributed by atoms with van der Waals surface area (Å²) in [5, 5.41) is 10.6. The molecular weight excluding hydrogens is 292 g/mol. The van der Waals surface area contributed by atoms with E-state index in [9.17, 15) is 9.90 Å². The van der Waals surface area contributed by atoms with Gasteiger partial charge in [-0.15, -0.1) is 0 Å². The average Bonchev–Trinajstić information content (AvgIpc) is 2.48. The minimum atomic E-state index is -0.427. The van der Waals surface area contributed by atoms with E-state index in [1.54, 1.807) is 12.1 Å². The predicted octanol–water partition coefficient (Wildman–Crippen LogP) is 4.57. The average molecular weight is 314 g/mol. The number of allylic oxidation sites excluding steroid dienone is 3. The fourth-order valence-corrected chi connectivity index (χ4v) is 2.16. The van der Waals surface area contributed by atoms with Crippen LogP contribution in [-0.4, -0.2) is 11.7 Å². The van der Waals surface area contributed by atoms with Crippen molar-refractivity contribution in [2.24, 2.45) is 0 Å². The topological polar surface area (TPSA) is 59.7 Å². The quantitative estimate of drug-likeness (QED) is 0.627. The lowest BCUT2D eigenvalue weighted by atomic mass is 10.1. The highest BCUT2D eigenvalue weighted by Crippen LogP contribution is 2.30. The Balaban J connectivity index is 2.02. The normalized spacial score (nSPS) is 11.5. The first kappa shape index (κ1) is 16.9. The molecule has 0 saturated heterocycles. The van der Waals surface area contributed by atoms with Crippen LogP contribution < -0.4 is 10.4 Å². The summed E-state index contributed by atoms with van der Waals surface area (Å²) in [6, 6.07) is 6.00. The van der Waals surface area contributed by atoms with E-state index in [0.29, 0.717) is 23.3 Å². The van der Waals surface area contributed by atoms with Crippen LogP contribution in [0, 0.1) is 0 Å². The van der Waals surface area contributed by atoms with Crippen molar-refractivity contribution in [2.45, 2.75) is 33.6 Å². The van der Waals surface area contributed by atoms with Gasteiger partial charge in [0, 0.05) is 17.5 Å². The van der Waals surface area contributed by atoms with Crippen molar-refractivity contribution in [2.75, 3.05) is 6.61 Å². The Bertz CT molecular complexity index is 793. The summed E-state index contributed by atoms with van der Waals surface area (Å²) in [6.07, 6.45) is 6.18. The van der Waals surface area contributed by atoms with Gasteiger partial charge in [0.1, 0.15) is 12.2 Å². The molecule has 0 aliphatic heterocycles. The Morgan fingerprint density at radius 2 is 2.00 bits per heavy atom. The molecular formula is C19H22O4. The molecule has 1 heterocycles. The summed E-state index contributed by atoms with van der Waals surface area (Å²) in [5.74, 6) is 0.335. The van der Waals surface area contributed by atoms with Crippen LogP contribution in [0.5, 0.6) is 11.5 Å². The number of rotatable bonds is 6. The van der Waals surface area contributed by atoms with Gasteiger partial charge in [-0.3, -0.25) is 0 Å². The predicted molar refractivity (Wildman–Crippen MR) is 92.1 cm³/mol. The highest BCUT2D eigenvalue weighted by Gasteiger charge is 2.06. The summed E-state index contributed by atoms with van der Waals surface area (Å²) < 4.78 is 10.7. The van der Waals surface area contributed by atoms with Gasteiger partial charge in [-0.1, -0.05) is 17.2 Å². The number of phenols is 1. The zero-order valence-corrected chi connectivity index (χ0v) is 13.8. The van der Waals surface area contributed by atoms with E-state index in [2.05, 4.69) is 26.8 Å². The highest BCUT2D eigenvalue weighted by atomic mass is 16.5. The van der Waals surface area contributed by atoms with Crippen molar-refractivity contribution in [1.82, 2.24) is 0 Å². The van der Waals surface area contributed by atoms with E-state index in [1.165, 1.54) is 23.3 Å². The van der Waals surface area contributed by atoms with Gasteiger partial charge < -0.3 is 14.3 Å². The Kier molecular flexibility index (Phi) is 5.63. The van der Waals surface area contributed by atoms with Gasteiger partial charge >= 0.3 is 5.63 Å². The smallest absolute Gasteiger partial charge is 0.336 e. The third-order valence-corrected chi connectivity index (χ3v) is 3.46. The molecule has 0 amide bonds. The van der Waals surface area contributed by atoms with Gasteiger partial charge in [0.2, 0.25) is 0 Å². The second-order valence-corrected chi connectivity index (χ2v) is 5.79. The molecule has 0 saturated carbocycles. The Morgan fingerprint density at radius 1 is 1.22 bits per heavy atom. The second kappa shape index (κ2) is 7.68. The van der Waals surface area contributed by atoms with Crippen molar-refractivity contribution in [1.29, 1.82) is 0 Å². The molecule has 1 N–H and O–H groups in total. The molecule has 0 radical (unpaired) electrons. The van der Waals surface area contributed by atoms with E-state index in [0.717, 1.165) is 12.8 Å². The maximum absolute atomic E-state index is 11.2. The van der Waals surface area contributed by atoms with Gasteiger partial charge in [0.05, 0.1) is 0 Å². The fraction of sp³-hybridized carbons (Fsp3) is 0.316. The molecule has 0 aliphatic carbocycles. The van der Waals surface area contributed by atoms with Crippen molar-refractivity contribution < 1.29 is 14.3 Å². The van der Waals surface area contributed by atoms with Crippen molar-refractivity contribution >= 4 is 11.0 Å². The van der Waals surface area contributed by atoms with E-state index in [-0.39, 0.29) is 5.75 Å². The third-order valence-electron chi connectivity index (χ3n) is 3.46.